The number of benzene rings is 1. The Balaban J connectivity index is 1.56. The smallest absolute Gasteiger partial charge is 0.220 e. The molecule has 3 atom stereocenters. The number of hydrogen-bond acceptors (Lipinski definition) is 12. The van der Waals surface area contributed by atoms with Crippen LogP contribution in [-0.4, -0.2) is 83.9 Å². The van der Waals surface area contributed by atoms with E-state index in [2.05, 4.69) is 35.3 Å². The van der Waals surface area contributed by atoms with Crippen LogP contribution in [0.4, 0.5) is 0 Å². The number of nitrogens with zero attached hydrogens (tertiary/aromatic N) is 7. The van der Waals surface area contributed by atoms with Crippen molar-refractivity contribution in [3.05, 3.63) is 54.1 Å². The maximum atomic E-state index is 13.3. The third-order valence-electron chi connectivity index (χ3n) is 5.81. The van der Waals surface area contributed by atoms with Crippen LogP contribution in [0, 0.1) is 6.92 Å². The van der Waals surface area contributed by atoms with E-state index in [-0.39, 0.29) is 5.82 Å². The first-order valence-corrected chi connectivity index (χ1v) is 12.8. The van der Waals surface area contributed by atoms with Gasteiger partial charge in [0.1, 0.15) is 34.9 Å². The van der Waals surface area contributed by atoms with Gasteiger partial charge in [0, 0.05) is 26.6 Å². The van der Waals surface area contributed by atoms with Crippen LogP contribution >= 0.6 is 0 Å². The first-order chi connectivity index (χ1) is 17.7. The Bertz CT molecular complexity index is 1360. The number of aromatic nitrogens is 5. The molecule has 0 spiro atoms. The van der Waals surface area contributed by atoms with Crippen molar-refractivity contribution in [1.82, 2.24) is 39.8 Å². The predicted molar refractivity (Wildman–Crippen MR) is 134 cm³/mol. The van der Waals surface area contributed by atoms with E-state index in [1.807, 2.05) is 6.92 Å². The molecule has 2 N–H and O–H groups in total. The van der Waals surface area contributed by atoms with E-state index in [1.54, 1.807) is 56.4 Å². The SMILES string of the molecule is COc1cccc(OC)c1-n1cnnc1C1=NN(C)C(NS(=O)(=O)C(C)C(OC)c2ncc(C)cn2)N1. The van der Waals surface area contributed by atoms with E-state index in [0.717, 1.165) is 5.56 Å². The lowest BCUT2D eigenvalue weighted by Crippen LogP contribution is -2.53. The van der Waals surface area contributed by atoms with Gasteiger partial charge in [-0.05, 0) is 31.5 Å². The monoisotopic (exact) mass is 531 g/mol. The highest BCUT2D eigenvalue weighted by molar-refractivity contribution is 7.90. The number of ether oxygens (including phenoxy) is 3. The van der Waals surface area contributed by atoms with Crippen LogP contribution in [-0.2, 0) is 14.8 Å². The van der Waals surface area contributed by atoms with E-state index < -0.39 is 27.7 Å². The minimum Gasteiger partial charge on any atom is -0.494 e. The highest BCUT2D eigenvalue weighted by Crippen LogP contribution is 2.33. The Kier molecular flexibility index (Phi) is 7.56. The van der Waals surface area contributed by atoms with Crippen molar-refractivity contribution < 1.29 is 22.6 Å². The van der Waals surface area contributed by atoms with E-state index in [9.17, 15) is 8.42 Å². The molecule has 0 saturated carbocycles. The third kappa shape index (κ3) is 5.19. The molecular formula is C22H29N9O5S. The zero-order valence-electron chi connectivity index (χ0n) is 21.3. The number of para-hydroxylation sites is 1. The Labute approximate surface area is 214 Å². The van der Waals surface area contributed by atoms with Crippen molar-refractivity contribution in [3.63, 3.8) is 0 Å². The zero-order chi connectivity index (χ0) is 26.7. The highest BCUT2D eigenvalue weighted by Gasteiger charge is 2.37. The molecule has 0 aliphatic carbocycles. The molecule has 198 valence electrons. The lowest BCUT2D eigenvalue weighted by molar-refractivity contribution is 0.0940. The largest absolute Gasteiger partial charge is 0.494 e. The summed E-state index contributed by atoms with van der Waals surface area (Å²) in [6.45, 7) is 3.37. The van der Waals surface area contributed by atoms with Crippen LogP contribution in [0.3, 0.4) is 0 Å². The Hall–Kier alpha value is -3.82. The molecule has 37 heavy (non-hydrogen) atoms. The van der Waals surface area contributed by atoms with Gasteiger partial charge in [0.15, 0.2) is 17.9 Å². The Morgan fingerprint density at radius 1 is 1.11 bits per heavy atom. The van der Waals surface area contributed by atoms with Gasteiger partial charge in [0.05, 0.1) is 14.2 Å². The molecule has 14 nitrogen and oxygen atoms in total. The van der Waals surface area contributed by atoms with Gasteiger partial charge in [0.2, 0.25) is 15.8 Å². The van der Waals surface area contributed by atoms with Gasteiger partial charge < -0.3 is 19.5 Å². The van der Waals surface area contributed by atoms with Crippen LogP contribution in [0.15, 0.2) is 42.0 Å². The second kappa shape index (κ2) is 10.7. The van der Waals surface area contributed by atoms with Crippen LogP contribution in [0.5, 0.6) is 11.5 Å². The lowest BCUT2D eigenvalue weighted by Gasteiger charge is -2.26. The van der Waals surface area contributed by atoms with Crippen LogP contribution in [0.1, 0.15) is 30.2 Å². The number of hydrogen-bond donors (Lipinski definition) is 2. The summed E-state index contributed by atoms with van der Waals surface area (Å²) in [6, 6.07) is 5.35. The van der Waals surface area contributed by atoms with Gasteiger partial charge in [-0.15, -0.1) is 10.2 Å². The molecule has 0 saturated heterocycles. The Morgan fingerprint density at radius 2 is 1.76 bits per heavy atom. The molecule has 1 aromatic carbocycles. The summed E-state index contributed by atoms with van der Waals surface area (Å²) >= 11 is 0. The summed E-state index contributed by atoms with van der Waals surface area (Å²) in [7, 11) is 2.19. The second-order valence-electron chi connectivity index (χ2n) is 8.25. The van der Waals surface area contributed by atoms with Crippen molar-refractivity contribution in [2.75, 3.05) is 28.4 Å². The number of sulfonamides is 1. The summed E-state index contributed by atoms with van der Waals surface area (Å²) in [5.41, 5.74) is 1.42. The van der Waals surface area contributed by atoms with E-state index in [1.165, 1.54) is 25.4 Å². The van der Waals surface area contributed by atoms with Crippen LogP contribution in [0.2, 0.25) is 0 Å². The average Bonchev–Trinajstić information content (AvgIpc) is 3.51. The molecule has 3 heterocycles. The van der Waals surface area contributed by atoms with E-state index in [4.69, 9.17) is 14.2 Å². The molecular weight excluding hydrogens is 502 g/mol. The first kappa shape index (κ1) is 26.2. The van der Waals surface area contributed by atoms with Gasteiger partial charge in [-0.1, -0.05) is 6.07 Å². The fourth-order valence-corrected chi connectivity index (χ4v) is 5.09. The lowest BCUT2D eigenvalue weighted by atomic mass is 10.2. The number of aryl methyl sites for hydroxylation is 1. The molecule has 4 rings (SSSR count). The van der Waals surface area contributed by atoms with Gasteiger partial charge in [-0.2, -0.15) is 9.82 Å². The molecule has 3 aromatic rings. The molecule has 2 aromatic heterocycles. The van der Waals surface area contributed by atoms with E-state index >= 15 is 0 Å². The number of amidine groups is 1. The fraction of sp³-hybridized carbons (Fsp3) is 0.409. The highest BCUT2D eigenvalue weighted by atomic mass is 32.2. The second-order valence-corrected chi connectivity index (χ2v) is 10.3. The predicted octanol–water partition coefficient (Wildman–Crippen LogP) is 0.559. The normalized spacial score (nSPS) is 17.2. The molecule has 0 amide bonds. The molecule has 0 fully saturated rings. The molecule has 1 aliphatic rings. The minimum atomic E-state index is -3.94. The van der Waals surface area contributed by atoms with E-state index in [0.29, 0.717) is 28.8 Å². The number of methoxy groups -OCH3 is 3. The topological polar surface area (TPSA) is 158 Å². The van der Waals surface area contributed by atoms with Crippen LogP contribution < -0.4 is 19.5 Å². The summed E-state index contributed by atoms with van der Waals surface area (Å²) in [5, 5.41) is 16.1. The van der Waals surface area contributed by atoms with Crippen LogP contribution in [0.25, 0.3) is 5.69 Å². The van der Waals surface area contributed by atoms with Gasteiger partial charge in [-0.25, -0.2) is 18.4 Å². The third-order valence-corrected chi connectivity index (χ3v) is 7.59. The summed E-state index contributed by atoms with van der Waals surface area (Å²) in [5.74, 6) is 1.95. The summed E-state index contributed by atoms with van der Waals surface area (Å²) in [4.78, 5) is 8.46. The molecule has 15 heteroatoms. The van der Waals surface area contributed by atoms with Crippen molar-refractivity contribution >= 4 is 15.9 Å². The quantitative estimate of drug-likeness (QED) is 0.376. The zero-order valence-corrected chi connectivity index (χ0v) is 22.1. The summed E-state index contributed by atoms with van der Waals surface area (Å²) < 4.78 is 47.3. The van der Waals surface area contributed by atoms with Gasteiger partial charge in [0.25, 0.3) is 0 Å². The first-order valence-electron chi connectivity index (χ1n) is 11.2. The number of nitrogens with one attached hydrogen (secondary N) is 2. The maximum Gasteiger partial charge on any atom is 0.220 e. The Morgan fingerprint density at radius 3 is 2.35 bits per heavy atom. The average molecular weight is 532 g/mol. The molecule has 0 bridgehead atoms. The summed E-state index contributed by atoms with van der Waals surface area (Å²) in [6.07, 6.45) is 2.93. The van der Waals surface area contributed by atoms with Crippen molar-refractivity contribution in [2.45, 2.75) is 31.5 Å². The van der Waals surface area contributed by atoms with Crippen molar-refractivity contribution in [3.8, 4) is 17.2 Å². The number of hydrazone groups is 1. The van der Waals surface area contributed by atoms with Gasteiger partial charge >= 0.3 is 0 Å². The molecule has 0 radical (unpaired) electrons. The fourth-order valence-electron chi connectivity index (χ4n) is 3.79. The van der Waals surface area contributed by atoms with Crippen molar-refractivity contribution in [1.29, 1.82) is 0 Å². The molecule has 3 unspecified atom stereocenters. The minimum absolute atomic E-state index is 0.273. The molecule has 1 aliphatic heterocycles. The standard InChI is InChI=1S/C22H29N9O5S/c1-13-10-23-19(24-11-13)18(36-6)14(2)37(32,33)29-22-26-20(28-30(22)3)21-27-25-12-31(21)17-15(34-4)8-7-9-16(17)35-5/h7-12,14,18,22,29H,1-6H3,(H,26,28). The maximum absolute atomic E-state index is 13.3. The number of rotatable bonds is 10. The van der Waals surface area contributed by atoms with Gasteiger partial charge in [-0.3, -0.25) is 9.58 Å². The van der Waals surface area contributed by atoms with Crippen molar-refractivity contribution in [2.24, 2.45) is 5.10 Å².